The van der Waals surface area contributed by atoms with Gasteiger partial charge in [-0.1, -0.05) is 6.07 Å². The first kappa shape index (κ1) is 15.9. The first-order valence-electron chi connectivity index (χ1n) is 8.78. The summed E-state index contributed by atoms with van der Waals surface area (Å²) < 4.78 is 5.18. The molecule has 5 nitrogen and oxygen atoms in total. The Balaban J connectivity index is 1.57. The van der Waals surface area contributed by atoms with E-state index in [9.17, 15) is 9.90 Å². The molecule has 0 saturated heterocycles. The molecule has 130 valence electrons. The smallest absolute Gasteiger partial charge is 0.254 e. The predicted octanol–water partition coefficient (Wildman–Crippen LogP) is 3.48. The quantitative estimate of drug-likeness (QED) is 0.876. The number of nitrogens with zero attached hydrogens (tertiary/aromatic N) is 2. The van der Waals surface area contributed by atoms with Crippen LogP contribution in [0, 0.1) is 0 Å². The van der Waals surface area contributed by atoms with Crippen LogP contribution >= 0.6 is 0 Å². The van der Waals surface area contributed by atoms with E-state index in [0.29, 0.717) is 24.3 Å². The van der Waals surface area contributed by atoms with Gasteiger partial charge >= 0.3 is 0 Å². The first-order chi connectivity index (χ1) is 12.2. The van der Waals surface area contributed by atoms with Crippen LogP contribution in [0.3, 0.4) is 0 Å². The maximum Gasteiger partial charge on any atom is 0.254 e. The SMILES string of the molecule is COc1cc(CN(C(=O)c2ccnc(C3CC3)c2)C2CC2)ccc1O. The van der Waals surface area contributed by atoms with Crippen LogP contribution in [0.5, 0.6) is 11.5 Å². The van der Waals surface area contributed by atoms with Crippen molar-refractivity contribution in [3.8, 4) is 11.5 Å². The highest BCUT2D eigenvalue weighted by Gasteiger charge is 2.34. The van der Waals surface area contributed by atoms with E-state index in [0.717, 1.165) is 29.7 Å². The Morgan fingerprint density at radius 1 is 1.24 bits per heavy atom. The third-order valence-corrected chi connectivity index (χ3v) is 4.87. The van der Waals surface area contributed by atoms with Gasteiger partial charge in [-0.25, -0.2) is 0 Å². The summed E-state index contributed by atoms with van der Waals surface area (Å²) in [6.45, 7) is 0.515. The van der Waals surface area contributed by atoms with E-state index in [1.54, 1.807) is 24.4 Å². The Bertz CT molecular complexity index is 797. The van der Waals surface area contributed by atoms with Crippen molar-refractivity contribution in [1.82, 2.24) is 9.88 Å². The Labute approximate surface area is 147 Å². The van der Waals surface area contributed by atoms with E-state index >= 15 is 0 Å². The van der Waals surface area contributed by atoms with Crippen molar-refractivity contribution in [3.63, 3.8) is 0 Å². The molecule has 0 atom stereocenters. The fourth-order valence-electron chi connectivity index (χ4n) is 3.12. The number of hydrogen-bond acceptors (Lipinski definition) is 4. The summed E-state index contributed by atoms with van der Waals surface area (Å²) in [5, 5.41) is 9.75. The molecule has 0 unspecified atom stereocenters. The molecule has 1 N–H and O–H groups in total. The molecule has 25 heavy (non-hydrogen) atoms. The molecule has 0 radical (unpaired) electrons. The van der Waals surface area contributed by atoms with Crippen LogP contribution in [-0.4, -0.2) is 34.0 Å². The second kappa shape index (κ2) is 6.39. The molecule has 2 fully saturated rings. The maximum atomic E-state index is 13.1. The van der Waals surface area contributed by atoms with Crippen LogP contribution in [-0.2, 0) is 6.54 Å². The number of carbonyl (C=O) groups excluding carboxylic acids is 1. The molecule has 4 rings (SSSR count). The van der Waals surface area contributed by atoms with Crippen molar-refractivity contribution < 1.29 is 14.6 Å². The van der Waals surface area contributed by atoms with Crippen molar-refractivity contribution in [3.05, 3.63) is 53.3 Å². The number of aromatic hydroxyl groups is 1. The largest absolute Gasteiger partial charge is 0.504 e. The summed E-state index contributed by atoms with van der Waals surface area (Å²) in [4.78, 5) is 19.4. The number of aromatic nitrogens is 1. The van der Waals surface area contributed by atoms with Gasteiger partial charge in [-0.05, 0) is 55.5 Å². The van der Waals surface area contributed by atoms with Gasteiger partial charge in [-0.3, -0.25) is 9.78 Å². The third kappa shape index (κ3) is 3.45. The van der Waals surface area contributed by atoms with Gasteiger partial charge < -0.3 is 14.7 Å². The molecule has 1 aromatic carbocycles. The number of pyridine rings is 1. The van der Waals surface area contributed by atoms with Crippen LogP contribution in [0.25, 0.3) is 0 Å². The number of amides is 1. The van der Waals surface area contributed by atoms with E-state index in [2.05, 4.69) is 4.98 Å². The van der Waals surface area contributed by atoms with Gasteiger partial charge in [0.2, 0.25) is 0 Å². The third-order valence-electron chi connectivity index (χ3n) is 4.87. The molecule has 5 heteroatoms. The van der Waals surface area contributed by atoms with Gasteiger partial charge in [0, 0.05) is 36.0 Å². The minimum absolute atomic E-state index is 0.0545. The zero-order valence-electron chi connectivity index (χ0n) is 14.3. The van der Waals surface area contributed by atoms with Crippen molar-refractivity contribution in [2.45, 2.75) is 44.2 Å². The number of rotatable bonds is 6. The second-order valence-corrected chi connectivity index (χ2v) is 6.91. The molecule has 0 spiro atoms. The van der Waals surface area contributed by atoms with E-state index < -0.39 is 0 Å². The molecule has 1 aromatic heterocycles. The maximum absolute atomic E-state index is 13.1. The van der Waals surface area contributed by atoms with Crippen LogP contribution < -0.4 is 4.74 Å². The summed E-state index contributed by atoms with van der Waals surface area (Å²) in [6.07, 6.45) is 6.17. The number of carbonyl (C=O) groups is 1. The Hall–Kier alpha value is -2.56. The lowest BCUT2D eigenvalue weighted by Crippen LogP contribution is -2.32. The number of methoxy groups -OCH3 is 1. The fourth-order valence-corrected chi connectivity index (χ4v) is 3.12. The lowest BCUT2D eigenvalue weighted by Gasteiger charge is -2.23. The Morgan fingerprint density at radius 2 is 2.04 bits per heavy atom. The number of phenols is 1. The summed E-state index contributed by atoms with van der Waals surface area (Å²) >= 11 is 0. The number of benzene rings is 1. The summed E-state index contributed by atoms with van der Waals surface area (Å²) in [7, 11) is 1.53. The highest BCUT2D eigenvalue weighted by molar-refractivity contribution is 5.94. The van der Waals surface area contributed by atoms with Crippen LogP contribution in [0.15, 0.2) is 36.5 Å². The van der Waals surface area contributed by atoms with Crippen LogP contribution in [0.1, 0.15) is 53.2 Å². The number of hydrogen-bond donors (Lipinski definition) is 1. The van der Waals surface area contributed by atoms with Crippen molar-refractivity contribution in [2.24, 2.45) is 0 Å². The van der Waals surface area contributed by atoms with E-state index in [1.165, 1.54) is 20.0 Å². The molecule has 2 aromatic rings. The summed E-state index contributed by atoms with van der Waals surface area (Å²) in [6, 6.07) is 9.29. The first-order valence-corrected chi connectivity index (χ1v) is 8.78. The van der Waals surface area contributed by atoms with Crippen molar-refractivity contribution in [2.75, 3.05) is 7.11 Å². The lowest BCUT2D eigenvalue weighted by molar-refractivity contribution is 0.0729. The van der Waals surface area contributed by atoms with Gasteiger partial charge in [0.15, 0.2) is 11.5 Å². The normalized spacial score (nSPS) is 16.5. The van der Waals surface area contributed by atoms with Crippen LogP contribution in [0.4, 0.5) is 0 Å². The zero-order valence-corrected chi connectivity index (χ0v) is 14.3. The Morgan fingerprint density at radius 3 is 2.72 bits per heavy atom. The van der Waals surface area contributed by atoms with Gasteiger partial charge in [-0.15, -0.1) is 0 Å². The molecular formula is C20H22N2O3. The number of phenolic OH excluding ortho intramolecular Hbond substituents is 1. The lowest BCUT2D eigenvalue weighted by atomic mass is 10.1. The molecule has 0 bridgehead atoms. The molecule has 2 saturated carbocycles. The highest BCUT2D eigenvalue weighted by Crippen LogP contribution is 2.39. The molecule has 2 aliphatic carbocycles. The molecule has 0 aliphatic heterocycles. The van der Waals surface area contributed by atoms with Crippen LogP contribution in [0.2, 0.25) is 0 Å². The van der Waals surface area contributed by atoms with Crippen molar-refractivity contribution >= 4 is 5.91 Å². The number of ether oxygens (including phenoxy) is 1. The van der Waals surface area contributed by atoms with E-state index in [1.807, 2.05) is 17.0 Å². The summed E-state index contributed by atoms with van der Waals surface area (Å²) in [5.41, 5.74) is 2.70. The molecule has 1 heterocycles. The minimum atomic E-state index is 0.0545. The minimum Gasteiger partial charge on any atom is -0.504 e. The van der Waals surface area contributed by atoms with E-state index in [-0.39, 0.29) is 11.7 Å². The second-order valence-electron chi connectivity index (χ2n) is 6.91. The monoisotopic (exact) mass is 338 g/mol. The highest BCUT2D eigenvalue weighted by atomic mass is 16.5. The fraction of sp³-hybridized carbons (Fsp3) is 0.400. The Kier molecular flexibility index (Phi) is 4.07. The van der Waals surface area contributed by atoms with Gasteiger partial charge in [-0.2, -0.15) is 0 Å². The molecular weight excluding hydrogens is 316 g/mol. The van der Waals surface area contributed by atoms with Gasteiger partial charge in [0.25, 0.3) is 5.91 Å². The predicted molar refractivity (Wildman–Crippen MR) is 93.8 cm³/mol. The average molecular weight is 338 g/mol. The zero-order chi connectivity index (χ0) is 17.4. The molecule has 2 aliphatic rings. The average Bonchev–Trinajstić information content (AvgIpc) is 3.52. The standard InChI is InChI=1S/C20H22N2O3/c1-25-19-10-13(2-7-18(19)23)12-22(16-5-6-16)20(24)15-8-9-21-17(11-15)14-3-4-14/h2,7-11,14,16,23H,3-6,12H2,1H3. The van der Waals surface area contributed by atoms with Gasteiger partial charge in [0.1, 0.15) is 0 Å². The topological polar surface area (TPSA) is 62.7 Å². The van der Waals surface area contributed by atoms with Crippen molar-refractivity contribution in [1.29, 1.82) is 0 Å². The van der Waals surface area contributed by atoms with Gasteiger partial charge in [0.05, 0.1) is 7.11 Å². The van der Waals surface area contributed by atoms with E-state index in [4.69, 9.17) is 4.74 Å². The molecule has 1 amide bonds. The summed E-state index contributed by atoms with van der Waals surface area (Å²) in [5.74, 6) is 1.13.